The van der Waals surface area contributed by atoms with Gasteiger partial charge in [-0.1, -0.05) is 29.3 Å². The molecule has 1 aliphatic heterocycles. The first kappa shape index (κ1) is 14.6. The van der Waals surface area contributed by atoms with Gasteiger partial charge in [-0.25, -0.2) is 0 Å². The van der Waals surface area contributed by atoms with Gasteiger partial charge in [0.15, 0.2) is 0 Å². The van der Waals surface area contributed by atoms with Crippen molar-refractivity contribution in [3.63, 3.8) is 0 Å². The standard InChI is InChI=1S/C14H16Cl2O3/c1-18-14(17)13(12-4-2-3-7-19-12)9-5-6-10(15)11(16)8-9/h5-6,8,12-13H,2-4,7H2,1H3/t12-,13?/m0/s1. The molecule has 2 atom stereocenters. The van der Waals surface area contributed by atoms with Crippen LogP contribution < -0.4 is 0 Å². The lowest BCUT2D eigenvalue weighted by Crippen LogP contribution is -2.32. The number of carbonyl (C=O) groups is 1. The summed E-state index contributed by atoms with van der Waals surface area (Å²) in [6, 6.07) is 5.20. The molecule has 2 rings (SSSR count). The fraction of sp³-hybridized carbons (Fsp3) is 0.500. The van der Waals surface area contributed by atoms with E-state index in [-0.39, 0.29) is 12.1 Å². The van der Waals surface area contributed by atoms with Gasteiger partial charge >= 0.3 is 5.97 Å². The minimum Gasteiger partial charge on any atom is -0.468 e. The molecule has 1 aliphatic rings. The maximum Gasteiger partial charge on any atom is 0.315 e. The van der Waals surface area contributed by atoms with Gasteiger partial charge < -0.3 is 9.47 Å². The molecule has 1 aromatic carbocycles. The smallest absolute Gasteiger partial charge is 0.315 e. The zero-order valence-corrected chi connectivity index (χ0v) is 12.2. The third-order valence-corrected chi connectivity index (χ3v) is 4.08. The molecule has 0 spiro atoms. The van der Waals surface area contributed by atoms with Gasteiger partial charge in [0.2, 0.25) is 0 Å². The lowest BCUT2D eigenvalue weighted by molar-refractivity contribution is -0.147. The first-order valence-corrected chi connectivity index (χ1v) is 7.03. The van der Waals surface area contributed by atoms with Crippen LogP contribution in [0.15, 0.2) is 18.2 Å². The molecule has 1 unspecified atom stereocenters. The van der Waals surface area contributed by atoms with E-state index in [1.54, 1.807) is 18.2 Å². The lowest BCUT2D eigenvalue weighted by Gasteiger charge is -2.29. The lowest BCUT2D eigenvalue weighted by atomic mass is 9.89. The predicted octanol–water partition coefficient (Wildman–Crippen LogP) is 3.82. The molecule has 5 heteroatoms. The van der Waals surface area contributed by atoms with Crippen LogP contribution in [0.3, 0.4) is 0 Å². The zero-order chi connectivity index (χ0) is 13.8. The van der Waals surface area contributed by atoms with Crippen LogP contribution in [0, 0.1) is 0 Å². The average Bonchev–Trinajstić information content (AvgIpc) is 2.44. The zero-order valence-electron chi connectivity index (χ0n) is 10.7. The second kappa shape index (κ2) is 6.60. The molecule has 104 valence electrons. The molecule has 0 aromatic heterocycles. The number of esters is 1. The summed E-state index contributed by atoms with van der Waals surface area (Å²) in [7, 11) is 1.38. The summed E-state index contributed by atoms with van der Waals surface area (Å²) in [5.74, 6) is -0.745. The maximum absolute atomic E-state index is 12.0. The maximum atomic E-state index is 12.0. The largest absolute Gasteiger partial charge is 0.468 e. The summed E-state index contributed by atoms with van der Waals surface area (Å²) < 4.78 is 10.6. The van der Waals surface area contributed by atoms with Crippen molar-refractivity contribution in [2.75, 3.05) is 13.7 Å². The van der Waals surface area contributed by atoms with Gasteiger partial charge in [0, 0.05) is 6.61 Å². The van der Waals surface area contributed by atoms with E-state index in [2.05, 4.69) is 0 Å². The summed E-state index contributed by atoms with van der Waals surface area (Å²) in [4.78, 5) is 12.0. The van der Waals surface area contributed by atoms with Gasteiger partial charge in [-0.15, -0.1) is 0 Å². The topological polar surface area (TPSA) is 35.5 Å². The highest BCUT2D eigenvalue weighted by Crippen LogP contribution is 2.33. The number of halogens is 2. The Kier molecular flexibility index (Phi) is 5.08. The van der Waals surface area contributed by atoms with E-state index in [1.807, 2.05) is 0 Å². The third kappa shape index (κ3) is 3.41. The van der Waals surface area contributed by atoms with Crippen molar-refractivity contribution in [2.24, 2.45) is 0 Å². The normalized spacial score (nSPS) is 20.9. The molecule has 1 heterocycles. The van der Waals surface area contributed by atoms with E-state index in [9.17, 15) is 4.79 Å². The Labute approximate surface area is 122 Å². The monoisotopic (exact) mass is 302 g/mol. The minimum absolute atomic E-state index is 0.154. The number of rotatable bonds is 3. The van der Waals surface area contributed by atoms with Crippen LogP contribution in [-0.4, -0.2) is 25.8 Å². The van der Waals surface area contributed by atoms with Crippen LogP contribution in [0.2, 0.25) is 10.0 Å². The second-order valence-electron chi connectivity index (χ2n) is 4.58. The van der Waals surface area contributed by atoms with Gasteiger partial charge in [-0.2, -0.15) is 0 Å². The van der Waals surface area contributed by atoms with Gasteiger partial charge in [0.05, 0.1) is 23.3 Å². The van der Waals surface area contributed by atoms with E-state index in [1.165, 1.54) is 7.11 Å². The van der Waals surface area contributed by atoms with Crippen molar-refractivity contribution < 1.29 is 14.3 Å². The third-order valence-electron chi connectivity index (χ3n) is 3.34. The molecule has 0 amide bonds. The average molecular weight is 303 g/mol. The van der Waals surface area contributed by atoms with Gasteiger partial charge in [-0.3, -0.25) is 4.79 Å². The predicted molar refractivity (Wildman–Crippen MR) is 74.8 cm³/mol. The van der Waals surface area contributed by atoms with Crippen LogP contribution in [0.25, 0.3) is 0 Å². The first-order chi connectivity index (χ1) is 9.13. The highest BCUT2D eigenvalue weighted by Gasteiger charge is 2.33. The van der Waals surface area contributed by atoms with Crippen molar-refractivity contribution in [3.05, 3.63) is 33.8 Å². The number of ether oxygens (including phenoxy) is 2. The van der Waals surface area contributed by atoms with Crippen LogP contribution in [-0.2, 0) is 14.3 Å². The summed E-state index contributed by atoms with van der Waals surface area (Å²) in [5, 5.41) is 0.905. The molecule has 0 saturated carbocycles. The summed E-state index contributed by atoms with van der Waals surface area (Å²) in [6.45, 7) is 0.680. The minimum atomic E-state index is -0.444. The number of methoxy groups -OCH3 is 1. The van der Waals surface area contributed by atoms with Crippen molar-refractivity contribution in [3.8, 4) is 0 Å². The second-order valence-corrected chi connectivity index (χ2v) is 5.39. The Morgan fingerprint density at radius 3 is 2.74 bits per heavy atom. The molecule has 0 aliphatic carbocycles. The Morgan fingerprint density at radius 2 is 2.16 bits per heavy atom. The molecule has 3 nitrogen and oxygen atoms in total. The molecule has 0 bridgehead atoms. The highest BCUT2D eigenvalue weighted by atomic mass is 35.5. The number of carbonyl (C=O) groups excluding carboxylic acids is 1. The molecule has 1 fully saturated rings. The van der Waals surface area contributed by atoms with E-state index in [0.29, 0.717) is 16.7 Å². The number of benzene rings is 1. The summed E-state index contributed by atoms with van der Waals surface area (Å²) in [6.07, 6.45) is 2.78. The van der Waals surface area contributed by atoms with Crippen molar-refractivity contribution in [1.82, 2.24) is 0 Å². The fourth-order valence-electron chi connectivity index (χ4n) is 2.36. The van der Waals surface area contributed by atoms with Crippen molar-refractivity contribution in [1.29, 1.82) is 0 Å². The fourth-order valence-corrected chi connectivity index (χ4v) is 2.67. The van der Waals surface area contributed by atoms with Gasteiger partial charge in [0.1, 0.15) is 5.92 Å². The molecule has 1 aromatic rings. The molecular weight excluding hydrogens is 287 g/mol. The van der Waals surface area contributed by atoms with Crippen LogP contribution in [0.4, 0.5) is 0 Å². The van der Waals surface area contributed by atoms with Crippen molar-refractivity contribution >= 4 is 29.2 Å². The molecule has 1 saturated heterocycles. The van der Waals surface area contributed by atoms with Crippen molar-refractivity contribution in [2.45, 2.75) is 31.3 Å². The molecule has 0 radical (unpaired) electrons. The van der Waals surface area contributed by atoms with Crippen LogP contribution in [0.5, 0.6) is 0 Å². The highest BCUT2D eigenvalue weighted by molar-refractivity contribution is 6.42. The van der Waals surface area contributed by atoms with E-state index in [0.717, 1.165) is 24.8 Å². The van der Waals surface area contributed by atoms with E-state index >= 15 is 0 Å². The molecule has 19 heavy (non-hydrogen) atoms. The van der Waals surface area contributed by atoms with Gasteiger partial charge in [0.25, 0.3) is 0 Å². The Morgan fingerprint density at radius 1 is 1.37 bits per heavy atom. The number of hydrogen-bond acceptors (Lipinski definition) is 3. The quantitative estimate of drug-likeness (QED) is 0.796. The number of hydrogen-bond donors (Lipinski definition) is 0. The summed E-state index contributed by atoms with van der Waals surface area (Å²) >= 11 is 11.9. The Bertz CT molecular complexity index is 456. The van der Waals surface area contributed by atoms with Crippen LogP contribution in [0.1, 0.15) is 30.7 Å². The van der Waals surface area contributed by atoms with E-state index in [4.69, 9.17) is 32.7 Å². The molecule has 0 N–H and O–H groups in total. The molecular formula is C14H16Cl2O3. The first-order valence-electron chi connectivity index (χ1n) is 6.28. The van der Waals surface area contributed by atoms with Crippen LogP contribution >= 0.6 is 23.2 Å². The Hall–Kier alpha value is -0.770. The SMILES string of the molecule is COC(=O)C(c1ccc(Cl)c(Cl)c1)[C@@H]1CCCCO1. The van der Waals surface area contributed by atoms with E-state index < -0.39 is 5.92 Å². The van der Waals surface area contributed by atoms with Gasteiger partial charge in [-0.05, 0) is 37.0 Å². The Balaban J connectivity index is 2.30. The summed E-state index contributed by atoms with van der Waals surface area (Å²) in [5.41, 5.74) is 0.785.